The first-order valence-electron chi connectivity index (χ1n) is 5.51. The molecule has 0 aromatic heterocycles. The summed E-state index contributed by atoms with van der Waals surface area (Å²) in [5.74, 6) is -0.915. The normalized spacial score (nSPS) is 11.9. The van der Waals surface area contributed by atoms with Crippen molar-refractivity contribution in [1.29, 1.82) is 0 Å². The van der Waals surface area contributed by atoms with Crippen molar-refractivity contribution in [2.45, 2.75) is 13.1 Å². The number of rotatable bonds is 5. The molecular formula is C12H11F3N2O3. The van der Waals surface area contributed by atoms with Gasteiger partial charge in [0.25, 0.3) is 0 Å². The quantitative estimate of drug-likeness (QED) is 0.296. The molecule has 20 heavy (non-hydrogen) atoms. The van der Waals surface area contributed by atoms with E-state index in [2.05, 4.69) is 15.3 Å². The molecule has 0 unspecified atom stereocenters. The molecule has 5 nitrogen and oxygen atoms in total. The number of benzene rings is 1. The van der Waals surface area contributed by atoms with Gasteiger partial charge in [-0.1, -0.05) is 0 Å². The third kappa shape index (κ3) is 4.38. The van der Waals surface area contributed by atoms with E-state index >= 15 is 0 Å². The maximum absolute atomic E-state index is 12.3. The lowest BCUT2D eigenvalue weighted by Crippen LogP contribution is -2.20. The summed E-state index contributed by atoms with van der Waals surface area (Å²) in [6.45, 7) is 1.63. The van der Waals surface area contributed by atoms with E-state index in [9.17, 15) is 22.8 Å². The molecule has 0 bridgehead atoms. The number of carbonyl (C=O) groups is 2. The highest BCUT2D eigenvalue weighted by Gasteiger charge is 2.29. The van der Waals surface area contributed by atoms with Crippen molar-refractivity contribution in [2.75, 3.05) is 12.0 Å². The first kappa shape index (κ1) is 15.7. The van der Waals surface area contributed by atoms with Crippen molar-refractivity contribution in [3.8, 4) is 0 Å². The third-order valence-electron chi connectivity index (χ3n) is 2.11. The molecule has 1 rings (SSSR count). The number of ether oxygens (including phenoxy) is 1. The summed E-state index contributed by atoms with van der Waals surface area (Å²) >= 11 is 0. The Morgan fingerprint density at radius 1 is 1.35 bits per heavy atom. The number of hydrogen-bond donors (Lipinski definition) is 1. The highest BCUT2D eigenvalue weighted by atomic mass is 19.4. The van der Waals surface area contributed by atoms with Crippen LogP contribution in [0.15, 0.2) is 29.4 Å². The molecule has 1 N–H and O–H groups in total. The minimum atomic E-state index is -4.43. The van der Waals surface area contributed by atoms with Crippen molar-refractivity contribution in [1.82, 2.24) is 0 Å². The molecule has 0 aliphatic carbocycles. The molecule has 1 aromatic rings. The molecule has 1 aromatic carbocycles. The van der Waals surface area contributed by atoms with E-state index < -0.39 is 23.4 Å². The van der Waals surface area contributed by atoms with Crippen LogP contribution in [0.25, 0.3) is 0 Å². The summed E-state index contributed by atoms with van der Waals surface area (Å²) in [6, 6.07) is 3.95. The standard InChI is InChI=1S/C12H11F3N2O3/c1-2-20-11(19)10(7-18)17-16-9-5-3-8(4-6-9)12(13,14)15/h3-7,16H,2H2,1H3/b17-10+. The van der Waals surface area contributed by atoms with Gasteiger partial charge in [-0.2, -0.15) is 18.3 Å². The van der Waals surface area contributed by atoms with Gasteiger partial charge in [0.1, 0.15) is 0 Å². The first-order valence-corrected chi connectivity index (χ1v) is 5.51. The number of halogens is 3. The van der Waals surface area contributed by atoms with Gasteiger partial charge in [0.2, 0.25) is 5.71 Å². The van der Waals surface area contributed by atoms with E-state index in [4.69, 9.17) is 0 Å². The third-order valence-corrected chi connectivity index (χ3v) is 2.11. The Labute approximate surface area is 112 Å². The lowest BCUT2D eigenvalue weighted by molar-refractivity contribution is -0.137. The zero-order valence-corrected chi connectivity index (χ0v) is 10.4. The Balaban J connectivity index is 2.78. The second-order valence-electron chi connectivity index (χ2n) is 3.52. The van der Waals surface area contributed by atoms with Gasteiger partial charge in [0.05, 0.1) is 17.9 Å². The summed E-state index contributed by atoms with van der Waals surface area (Å²) in [7, 11) is 0. The minimum Gasteiger partial charge on any atom is -0.461 e. The zero-order valence-electron chi connectivity index (χ0n) is 10.4. The molecule has 0 fully saturated rings. The van der Waals surface area contributed by atoms with Crippen LogP contribution in [0.5, 0.6) is 0 Å². The largest absolute Gasteiger partial charge is 0.461 e. The highest BCUT2D eigenvalue weighted by molar-refractivity contribution is 6.58. The van der Waals surface area contributed by atoms with Crippen molar-refractivity contribution >= 4 is 23.7 Å². The van der Waals surface area contributed by atoms with Gasteiger partial charge >= 0.3 is 12.1 Å². The number of anilines is 1. The average Bonchev–Trinajstić information content (AvgIpc) is 2.39. The van der Waals surface area contributed by atoms with Gasteiger partial charge < -0.3 is 4.74 Å². The van der Waals surface area contributed by atoms with E-state index in [0.29, 0.717) is 0 Å². The number of alkyl halides is 3. The smallest absolute Gasteiger partial charge is 0.416 e. The number of nitrogens with zero attached hydrogens (tertiary/aromatic N) is 1. The molecule has 0 saturated heterocycles. The number of aldehydes is 1. The predicted octanol–water partition coefficient (Wildman–Crippen LogP) is 2.24. The van der Waals surface area contributed by atoms with Gasteiger partial charge in [0.15, 0.2) is 6.29 Å². The van der Waals surface area contributed by atoms with E-state index in [0.717, 1.165) is 24.3 Å². The molecular weight excluding hydrogens is 277 g/mol. The molecule has 0 radical (unpaired) electrons. The van der Waals surface area contributed by atoms with E-state index in [-0.39, 0.29) is 18.6 Å². The van der Waals surface area contributed by atoms with Crippen LogP contribution in [-0.2, 0) is 20.5 Å². The Hall–Kier alpha value is -2.38. The maximum atomic E-state index is 12.3. The molecule has 0 spiro atoms. The predicted molar refractivity (Wildman–Crippen MR) is 65.2 cm³/mol. The summed E-state index contributed by atoms with van der Waals surface area (Å²) in [4.78, 5) is 21.8. The van der Waals surface area contributed by atoms with Gasteiger partial charge in [0, 0.05) is 0 Å². The fraction of sp³-hybridized carbons (Fsp3) is 0.250. The molecule has 0 heterocycles. The van der Waals surface area contributed by atoms with Crippen LogP contribution >= 0.6 is 0 Å². The monoisotopic (exact) mass is 288 g/mol. The molecule has 0 amide bonds. The van der Waals surface area contributed by atoms with Crippen molar-refractivity contribution in [2.24, 2.45) is 5.10 Å². The van der Waals surface area contributed by atoms with Crippen LogP contribution in [0.1, 0.15) is 12.5 Å². The highest BCUT2D eigenvalue weighted by Crippen LogP contribution is 2.29. The van der Waals surface area contributed by atoms with Gasteiger partial charge in [-0.15, -0.1) is 0 Å². The molecule has 0 aliphatic rings. The first-order chi connectivity index (χ1) is 9.38. The van der Waals surface area contributed by atoms with E-state index in [1.807, 2.05) is 0 Å². The lowest BCUT2D eigenvalue weighted by Gasteiger charge is -2.07. The number of nitrogens with one attached hydrogen (secondary N) is 1. The molecule has 0 atom stereocenters. The molecule has 8 heteroatoms. The topological polar surface area (TPSA) is 67.8 Å². The summed E-state index contributed by atoms with van der Waals surface area (Å²) < 4.78 is 41.5. The van der Waals surface area contributed by atoms with Crippen LogP contribution in [0.4, 0.5) is 18.9 Å². The zero-order chi connectivity index (χ0) is 15.2. The van der Waals surface area contributed by atoms with Gasteiger partial charge in [-0.3, -0.25) is 10.2 Å². The fourth-order valence-corrected chi connectivity index (χ4v) is 1.18. The number of carbonyl (C=O) groups excluding carboxylic acids is 2. The van der Waals surface area contributed by atoms with Crippen molar-refractivity contribution in [3.63, 3.8) is 0 Å². The Morgan fingerprint density at radius 2 is 1.95 bits per heavy atom. The Bertz CT molecular complexity index is 510. The van der Waals surface area contributed by atoms with Gasteiger partial charge in [-0.25, -0.2) is 4.79 Å². The van der Waals surface area contributed by atoms with Crippen LogP contribution in [0, 0.1) is 0 Å². The average molecular weight is 288 g/mol. The summed E-state index contributed by atoms with van der Waals surface area (Å²) in [6.07, 6.45) is -4.24. The van der Waals surface area contributed by atoms with Crippen LogP contribution in [-0.4, -0.2) is 24.6 Å². The van der Waals surface area contributed by atoms with Crippen molar-refractivity contribution < 1.29 is 27.5 Å². The number of esters is 1. The van der Waals surface area contributed by atoms with Crippen LogP contribution in [0.2, 0.25) is 0 Å². The molecule has 108 valence electrons. The Kier molecular flexibility index (Phi) is 5.24. The van der Waals surface area contributed by atoms with Crippen molar-refractivity contribution in [3.05, 3.63) is 29.8 Å². The number of hydrazone groups is 1. The minimum absolute atomic E-state index is 0.0754. The fourth-order valence-electron chi connectivity index (χ4n) is 1.18. The second-order valence-corrected chi connectivity index (χ2v) is 3.52. The molecule has 0 saturated carbocycles. The van der Waals surface area contributed by atoms with E-state index in [1.54, 1.807) is 6.92 Å². The summed E-state index contributed by atoms with van der Waals surface area (Å²) in [5.41, 5.74) is 1.18. The maximum Gasteiger partial charge on any atom is 0.416 e. The SMILES string of the molecule is CCOC(=O)/C(C=O)=N/Nc1ccc(C(F)(F)F)cc1. The van der Waals surface area contributed by atoms with Crippen LogP contribution in [0.3, 0.4) is 0 Å². The summed E-state index contributed by atoms with van der Waals surface area (Å²) in [5, 5.41) is 3.47. The van der Waals surface area contributed by atoms with E-state index in [1.165, 1.54) is 0 Å². The lowest BCUT2D eigenvalue weighted by atomic mass is 10.2. The van der Waals surface area contributed by atoms with Gasteiger partial charge in [-0.05, 0) is 31.2 Å². The number of hydrogen-bond acceptors (Lipinski definition) is 5. The van der Waals surface area contributed by atoms with Crippen LogP contribution < -0.4 is 5.43 Å². The molecule has 0 aliphatic heterocycles. The second kappa shape index (κ2) is 6.69. The Morgan fingerprint density at radius 3 is 2.40 bits per heavy atom.